The van der Waals surface area contributed by atoms with Gasteiger partial charge in [-0.25, -0.2) is 0 Å². The molecule has 0 radical (unpaired) electrons. The van der Waals surface area contributed by atoms with Crippen molar-refractivity contribution in [3.63, 3.8) is 0 Å². The van der Waals surface area contributed by atoms with Crippen LogP contribution in [0.4, 0.5) is 13.2 Å². The molecule has 1 unspecified atom stereocenters. The first-order chi connectivity index (χ1) is 9.75. The third-order valence-electron chi connectivity index (χ3n) is 3.58. The zero-order valence-corrected chi connectivity index (χ0v) is 11.7. The number of fused-ring (bicyclic) bond motifs is 1. The number of aromatic nitrogens is 1. The van der Waals surface area contributed by atoms with Crippen LogP contribution in [-0.4, -0.2) is 15.6 Å². The normalized spacial score (nSPS) is 13.6. The van der Waals surface area contributed by atoms with E-state index in [1.165, 1.54) is 13.0 Å². The lowest BCUT2D eigenvalue weighted by Crippen LogP contribution is -2.13. The molecule has 6 heteroatoms. The average molecular weight is 299 g/mol. The van der Waals surface area contributed by atoms with Crippen molar-refractivity contribution < 1.29 is 23.1 Å². The van der Waals surface area contributed by atoms with Crippen LogP contribution in [0.3, 0.4) is 0 Å². The van der Waals surface area contributed by atoms with Gasteiger partial charge in [-0.15, -0.1) is 0 Å². The third kappa shape index (κ3) is 2.89. The number of carboxylic acid groups (broad SMARTS) is 1. The molecule has 0 spiro atoms. The van der Waals surface area contributed by atoms with E-state index in [0.29, 0.717) is 17.6 Å². The quantitative estimate of drug-likeness (QED) is 0.929. The van der Waals surface area contributed by atoms with Crippen LogP contribution in [0.2, 0.25) is 0 Å². The van der Waals surface area contributed by atoms with E-state index < -0.39 is 23.6 Å². The summed E-state index contributed by atoms with van der Waals surface area (Å²) in [5, 5.41) is 9.09. The van der Waals surface area contributed by atoms with Crippen LogP contribution < -0.4 is 0 Å². The fourth-order valence-electron chi connectivity index (χ4n) is 2.51. The molecule has 1 aromatic heterocycles. The second kappa shape index (κ2) is 5.42. The molecule has 0 bridgehead atoms. The Morgan fingerprint density at radius 1 is 1.38 bits per heavy atom. The van der Waals surface area contributed by atoms with Gasteiger partial charge in [0.2, 0.25) is 0 Å². The summed E-state index contributed by atoms with van der Waals surface area (Å²) in [7, 11) is 0. The summed E-state index contributed by atoms with van der Waals surface area (Å²) < 4.78 is 41.3. The highest BCUT2D eigenvalue weighted by molar-refractivity contribution is 5.88. The van der Waals surface area contributed by atoms with Crippen molar-refractivity contribution >= 4 is 16.9 Å². The molecule has 2 rings (SSSR count). The predicted molar refractivity (Wildman–Crippen MR) is 73.1 cm³/mol. The average Bonchev–Trinajstić information content (AvgIpc) is 2.75. The molecule has 21 heavy (non-hydrogen) atoms. The zero-order valence-electron chi connectivity index (χ0n) is 11.7. The Balaban J connectivity index is 2.67. The number of halogens is 3. The van der Waals surface area contributed by atoms with Gasteiger partial charge in [0.05, 0.1) is 11.5 Å². The molecular formula is C15H16F3NO2. The van der Waals surface area contributed by atoms with E-state index in [9.17, 15) is 18.0 Å². The van der Waals surface area contributed by atoms with Gasteiger partial charge in [-0.3, -0.25) is 4.79 Å². The summed E-state index contributed by atoms with van der Waals surface area (Å²) in [5.74, 6) is -1.75. The molecule has 3 nitrogen and oxygen atoms in total. The van der Waals surface area contributed by atoms with Crippen LogP contribution in [0.1, 0.15) is 25.0 Å². The summed E-state index contributed by atoms with van der Waals surface area (Å²) >= 11 is 0. The number of rotatable bonds is 4. The van der Waals surface area contributed by atoms with Crippen molar-refractivity contribution in [1.29, 1.82) is 0 Å². The van der Waals surface area contributed by atoms with Crippen LogP contribution in [0.25, 0.3) is 10.9 Å². The minimum Gasteiger partial charge on any atom is -0.481 e. The van der Waals surface area contributed by atoms with Gasteiger partial charge in [-0.1, -0.05) is 13.0 Å². The highest BCUT2D eigenvalue weighted by Crippen LogP contribution is 2.37. The molecule has 114 valence electrons. The number of benzene rings is 1. The largest absolute Gasteiger partial charge is 0.481 e. The summed E-state index contributed by atoms with van der Waals surface area (Å²) in [4.78, 5) is 11.0. The van der Waals surface area contributed by atoms with Gasteiger partial charge in [0.1, 0.15) is 0 Å². The number of aryl methyl sites for hydroxylation is 1. The second-order valence-electron chi connectivity index (χ2n) is 5.08. The summed E-state index contributed by atoms with van der Waals surface area (Å²) in [6.45, 7) is 3.86. The van der Waals surface area contributed by atoms with Crippen LogP contribution in [0.5, 0.6) is 0 Å². The Hall–Kier alpha value is -1.98. The summed E-state index contributed by atoms with van der Waals surface area (Å²) in [6, 6.07) is 4.04. The fourth-order valence-corrected chi connectivity index (χ4v) is 2.51. The van der Waals surface area contributed by atoms with Crippen molar-refractivity contribution in [3.8, 4) is 0 Å². The first kappa shape index (κ1) is 15.4. The lowest BCUT2D eigenvalue weighted by molar-refractivity contribution is -0.141. The molecule has 0 fully saturated rings. The van der Waals surface area contributed by atoms with Crippen LogP contribution in [0, 0.1) is 5.92 Å². The van der Waals surface area contributed by atoms with E-state index in [2.05, 4.69) is 0 Å². The van der Waals surface area contributed by atoms with Crippen molar-refractivity contribution in [1.82, 2.24) is 4.57 Å². The van der Waals surface area contributed by atoms with Gasteiger partial charge in [0, 0.05) is 23.6 Å². The Bertz CT molecular complexity index is 673. The Morgan fingerprint density at radius 3 is 2.57 bits per heavy atom. The molecule has 0 saturated carbocycles. The first-order valence-electron chi connectivity index (χ1n) is 6.66. The van der Waals surface area contributed by atoms with Crippen LogP contribution >= 0.6 is 0 Å². The Labute approximate surface area is 120 Å². The van der Waals surface area contributed by atoms with Crippen molar-refractivity contribution in [2.24, 2.45) is 5.92 Å². The van der Waals surface area contributed by atoms with E-state index in [0.717, 1.165) is 6.07 Å². The molecule has 0 aliphatic rings. The second-order valence-corrected chi connectivity index (χ2v) is 5.08. The van der Waals surface area contributed by atoms with E-state index >= 15 is 0 Å². The molecule has 0 aliphatic carbocycles. The minimum atomic E-state index is -4.46. The standard InChI is InChI=1S/C15H16F3NO2/c1-3-19-8-10(7-9(2)14(20)21)13-11(15(16,17)18)5-4-6-12(13)19/h4-6,8-9H,3,7H2,1-2H3,(H,20,21). The topological polar surface area (TPSA) is 42.2 Å². The van der Waals surface area contributed by atoms with Crippen molar-refractivity contribution in [3.05, 3.63) is 35.5 Å². The van der Waals surface area contributed by atoms with Crippen molar-refractivity contribution in [2.45, 2.75) is 33.0 Å². The number of carbonyl (C=O) groups is 1. The smallest absolute Gasteiger partial charge is 0.417 e. The molecule has 0 aliphatic heterocycles. The maximum absolute atomic E-state index is 13.2. The molecule has 1 aromatic carbocycles. The molecule has 1 N–H and O–H groups in total. The lowest BCUT2D eigenvalue weighted by Gasteiger charge is -2.11. The van der Waals surface area contributed by atoms with E-state index in [1.807, 2.05) is 6.92 Å². The van der Waals surface area contributed by atoms with E-state index in [1.54, 1.807) is 16.8 Å². The summed E-state index contributed by atoms with van der Waals surface area (Å²) in [5.41, 5.74) is 0.203. The fraction of sp³-hybridized carbons (Fsp3) is 0.400. The SMILES string of the molecule is CCn1cc(CC(C)C(=O)O)c2c(C(F)(F)F)cccc21. The number of hydrogen-bond acceptors (Lipinski definition) is 1. The zero-order chi connectivity index (χ0) is 15.8. The lowest BCUT2D eigenvalue weighted by atomic mass is 9.98. The molecule has 2 aromatic rings. The highest BCUT2D eigenvalue weighted by Gasteiger charge is 2.34. The first-order valence-corrected chi connectivity index (χ1v) is 6.66. The third-order valence-corrected chi connectivity index (χ3v) is 3.58. The number of aliphatic carboxylic acids is 1. The number of alkyl halides is 3. The van der Waals surface area contributed by atoms with Gasteiger partial charge < -0.3 is 9.67 Å². The predicted octanol–water partition coefficient (Wildman–Crippen LogP) is 3.94. The number of carboxylic acids is 1. The molecule has 0 amide bonds. The Morgan fingerprint density at radius 2 is 2.05 bits per heavy atom. The van der Waals surface area contributed by atoms with Crippen LogP contribution in [0.15, 0.2) is 24.4 Å². The Kier molecular flexibility index (Phi) is 3.98. The van der Waals surface area contributed by atoms with Gasteiger partial charge in [0.25, 0.3) is 0 Å². The van der Waals surface area contributed by atoms with Gasteiger partial charge >= 0.3 is 12.1 Å². The van der Waals surface area contributed by atoms with Gasteiger partial charge in [-0.2, -0.15) is 13.2 Å². The van der Waals surface area contributed by atoms with E-state index in [4.69, 9.17) is 5.11 Å². The van der Waals surface area contributed by atoms with Crippen molar-refractivity contribution in [2.75, 3.05) is 0 Å². The molecule has 1 heterocycles. The summed E-state index contributed by atoms with van der Waals surface area (Å²) in [6.07, 6.45) is -2.76. The number of nitrogens with zero attached hydrogens (tertiary/aromatic N) is 1. The molecule has 0 saturated heterocycles. The maximum Gasteiger partial charge on any atom is 0.417 e. The van der Waals surface area contributed by atoms with Gasteiger partial charge in [0.15, 0.2) is 0 Å². The minimum absolute atomic E-state index is 0.0753. The maximum atomic E-state index is 13.2. The molecular weight excluding hydrogens is 283 g/mol. The van der Waals surface area contributed by atoms with Crippen LogP contribution in [-0.2, 0) is 23.9 Å². The highest BCUT2D eigenvalue weighted by atomic mass is 19.4. The van der Waals surface area contributed by atoms with Gasteiger partial charge in [-0.05, 0) is 31.0 Å². The molecule has 1 atom stereocenters. The van der Waals surface area contributed by atoms with E-state index in [-0.39, 0.29) is 11.8 Å². The number of hydrogen-bond donors (Lipinski definition) is 1. The monoisotopic (exact) mass is 299 g/mol.